The number of carbonyl (C=O) groups is 1. The second kappa shape index (κ2) is 8.19. The number of benzene rings is 2. The standard InChI is InChI=1S/C22H17IN2O4S/c1-12-18(21(28)29-2)19(14-6-4-3-5-7-14)25-20(27)17(30-22(25)24-12)11-13-8-9-16(26)15(23)10-13/h3-11,19,26H,1-2H3. The molecule has 8 heteroatoms. The van der Waals surface area contributed by atoms with E-state index in [2.05, 4.69) is 4.99 Å². The fourth-order valence-electron chi connectivity index (χ4n) is 3.41. The van der Waals surface area contributed by atoms with E-state index in [0.29, 0.717) is 24.2 Å². The Morgan fingerprint density at radius 2 is 2.00 bits per heavy atom. The van der Waals surface area contributed by atoms with Crippen molar-refractivity contribution in [2.45, 2.75) is 13.0 Å². The number of rotatable bonds is 3. The lowest BCUT2D eigenvalue weighted by molar-refractivity contribution is -0.136. The first-order valence-corrected chi connectivity index (χ1v) is 10.9. The second-order valence-corrected chi connectivity index (χ2v) is 8.87. The minimum absolute atomic E-state index is 0.191. The van der Waals surface area contributed by atoms with Gasteiger partial charge in [0.1, 0.15) is 5.75 Å². The van der Waals surface area contributed by atoms with Gasteiger partial charge in [-0.3, -0.25) is 9.36 Å². The van der Waals surface area contributed by atoms with Crippen LogP contribution in [0.15, 0.2) is 69.6 Å². The SMILES string of the molecule is COC(=O)C1=C(C)N=c2sc(=Cc3ccc(O)c(I)c3)c(=O)n2C1c1ccccc1. The molecule has 1 aliphatic rings. The number of aromatic nitrogens is 1. The number of phenolic OH excluding ortho intramolecular Hbond substituents is 1. The van der Waals surface area contributed by atoms with E-state index >= 15 is 0 Å². The molecule has 1 N–H and O–H groups in total. The number of phenols is 1. The van der Waals surface area contributed by atoms with Crippen molar-refractivity contribution < 1.29 is 14.6 Å². The summed E-state index contributed by atoms with van der Waals surface area (Å²) in [6.07, 6.45) is 1.77. The number of allylic oxidation sites excluding steroid dienone is 1. The van der Waals surface area contributed by atoms with Gasteiger partial charge in [-0.25, -0.2) is 9.79 Å². The minimum atomic E-state index is -0.614. The summed E-state index contributed by atoms with van der Waals surface area (Å²) in [7, 11) is 1.32. The Morgan fingerprint density at radius 3 is 2.67 bits per heavy atom. The van der Waals surface area contributed by atoms with Crippen molar-refractivity contribution in [3.63, 3.8) is 0 Å². The summed E-state index contributed by atoms with van der Waals surface area (Å²) in [4.78, 5) is 31.0. The van der Waals surface area contributed by atoms with Crippen LogP contribution in [0.1, 0.15) is 24.1 Å². The maximum absolute atomic E-state index is 13.4. The molecular weight excluding hydrogens is 515 g/mol. The van der Waals surface area contributed by atoms with Gasteiger partial charge in [0.05, 0.1) is 32.5 Å². The molecule has 1 atom stereocenters. The topological polar surface area (TPSA) is 80.9 Å². The zero-order valence-electron chi connectivity index (χ0n) is 16.1. The molecule has 1 unspecified atom stereocenters. The van der Waals surface area contributed by atoms with Crippen molar-refractivity contribution in [2.75, 3.05) is 7.11 Å². The van der Waals surface area contributed by atoms with Crippen LogP contribution in [0.25, 0.3) is 6.08 Å². The predicted molar refractivity (Wildman–Crippen MR) is 123 cm³/mol. The second-order valence-electron chi connectivity index (χ2n) is 6.69. The number of halogens is 1. The molecule has 0 bridgehead atoms. The Hall–Kier alpha value is -2.72. The number of fused-ring (bicyclic) bond motifs is 1. The molecule has 2 aromatic carbocycles. The molecule has 3 aromatic rings. The van der Waals surface area contributed by atoms with E-state index in [9.17, 15) is 14.7 Å². The zero-order chi connectivity index (χ0) is 21.4. The first kappa shape index (κ1) is 20.5. The third-order valence-corrected chi connectivity index (χ3v) is 6.66. The van der Waals surface area contributed by atoms with Gasteiger partial charge in [-0.1, -0.05) is 47.7 Å². The van der Waals surface area contributed by atoms with Gasteiger partial charge in [0, 0.05) is 0 Å². The molecule has 6 nitrogen and oxygen atoms in total. The molecule has 30 heavy (non-hydrogen) atoms. The molecule has 0 aliphatic carbocycles. The largest absolute Gasteiger partial charge is 0.507 e. The highest BCUT2D eigenvalue weighted by Gasteiger charge is 2.32. The average molecular weight is 532 g/mol. The first-order valence-electron chi connectivity index (χ1n) is 9.05. The molecule has 0 amide bonds. The van der Waals surface area contributed by atoms with Gasteiger partial charge in [0.2, 0.25) is 0 Å². The molecule has 0 fully saturated rings. The summed E-state index contributed by atoms with van der Waals surface area (Å²) in [5.41, 5.74) is 2.25. The molecule has 0 saturated carbocycles. The third kappa shape index (κ3) is 3.61. The zero-order valence-corrected chi connectivity index (χ0v) is 19.1. The highest BCUT2D eigenvalue weighted by molar-refractivity contribution is 14.1. The van der Waals surface area contributed by atoms with E-state index in [1.165, 1.54) is 18.4 Å². The number of hydrogen-bond donors (Lipinski definition) is 1. The van der Waals surface area contributed by atoms with Crippen LogP contribution in [-0.2, 0) is 9.53 Å². The predicted octanol–water partition coefficient (Wildman–Crippen LogP) is 2.72. The van der Waals surface area contributed by atoms with Gasteiger partial charge < -0.3 is 9.84 Å². The molecule has 152 valence electrons. The number of thiazole rings is 1. The molecule has 4 rings (SSSR count). The van der Waals surface area contributed by atoms with Gasteiger partial charge >= 0.3 is 5.97 Å². The minimum Gasteiger partial charge on any atom is -0.507 e. The van der Waals surface area contributed by atoms with E-state index in [0.717, 1.165) is 11.1 Å². The Kier molecular flexibility index (Phi) is 5.61. The van der Waals surface area contributed by atoms with Gasteiger partial charge in [-0.2, -0.15) is 0 Å². The van der Waals surface area contributed by atoms with Crippen molar-refractivity contribution >= 4 is 46.0 Å². The lowest BCUT2D eigenvalue weighted by Crippen LogP contribution is -2.39. The lowest BCUT2D eigenvalue weighted by Gasteiger charge is -2.24. The van der Waals surface area contributed by atoms with Crippen molar-refractivity contribution in [3.8, 4) is 5.75 Å². The first-order chi connectivity index (χ1) is 14.4. The van der Waals surface area contributed by atoms with Crippen molar-refractivity contribution in [2.24, 2.45) is 4.99 Å². The van der Waals surface area contributed by atoms with Crippen LogP contribution in [-0.4, -0.2) is 22.8 Å². The van der Waals surface area contributed by atoms with Crippen LogP contribution in [0.2, 0.25) is 0 Å². The number of ether oxygens (including phenoxy) is 1. The summed E-state index contributed by atoms with van der Waals surface area (Å²) in [5.74, 6) is -0.316. The normalized spacial score (nSPS) is 16.2. The molecule has 0 radical (unpaired) electrons. The quantitative estimate of drug-likeness (QED) is 0.416. The van der Waals surface area contributed by atoms with E-state index in [1.807, 2.05) is 52.9 Å². The maximum Gasteiger partial charge on any atom is 0.338 e. The van der Waals surface area contributed by atoms with E-state index < -0.39 is 12.0 Å². The van der Waals surface area contributed by atoms with Crippen molar-refractivity contribution in [1.82, 2.24) is 4.57 Å². The molecular formula is C22H17IN2O4S. The van der Waals surface area contributed by atoms with Crippen LogP contribution in [0, 0.1) is 3.57 Å². The van der Waals surface area contributed by atoms with E-state index in [4.69, 9.17) is 4.74 Å². The maximum atomic E-state index is 13.4. The van der Waals surface area contributed by atoms with Gasteiger partial charge in [-0.05, 0) is 58.9 Å². The van der Waals surface area contributed by atoms with Crippen molar-refractivity contribution in [3.05, 3.63) is 94.2 Å². The third-order valence-electron chi connectivity index (χ3n) is 4.81. The lowest BCUT2D eigenvalue weighted by atomic mass is 9.96. The fourth-order valence-corrected chi connectivity index (χ4v) is 4.99. The molecule has 1 aliphatic heterocycles. The number of esters is 1. The Balaban J connectivity index is 1.97. The highest BCUT2D eigenvalue weighted by Crippen LogP contribution is 2.30. The van der Waals surface area contributed by atoms with Gasteiger partial charge in [-0.15, -0.1) is 0 Å². The Labute approximate surface area is 189 Å². The molecule has 2 heterocycles. The summed E-state index contributed by atoms with van der Waals surface area (Å²) >= 11 is 3.31. The van der Waals surface area contributed by atoms with Gasteiger partial charge in [0.25, 0.3) is 5.56 Å². The summed E-state index contributed by atoms with van der Waals surface area (Å²) < 4.78 is 7.73. The highest BCUT2D eigenvalue weighted by atomic mass is 127. The van der Waals surface area contributed by atoms with Crippen LogP contribution in [0.5, 0.6) is 5.75 Å². The summed E-state index contributed by atoms with van der Waals surface area (Å²) in [6, 6.07) is 13.9. The number of aromatic hydroxyl groups is 1. The number of carbonyl (C=O) groups excluding carboxylic acids is 1. The Bertz CT molecular complexity index is 1360. The van der Waals surface area contributed by atoms with E-state index in [-0.39, 0.29) is 11.3 Å². The smallest absolute Gasteiger partial charge is 0.338 e. The number of methoxy groups -OCH3 is 1. The molecule has 0 spiro atoms. The fraction of sp³-hybridized carbons (Fsp3) is 0.136. The van der Waals surface area contributed by atoms with Crippen LogP contribution in [0.3, 0.4) is 0 Å². The Morgan fingerprint density at radius 1 is 1.27 bits per heavy atom. The number of hydrogen-bond acceptors (Lipinski definition) is 6. The van der Waals surface area contributed by atoms with Gasteiger partial charge in [0.15, 0.2) is 4.80 Å². The van der Waals surface area contributed by atoms with Crippen molar-refractivity contribution in [1.29, 1.82) is 0 Å². The monoisotopic (exact) mass is 532 g/mol. The molecule has 1 aromatic heterocycles. The number of nitrogens with zero attached hydrogens (tertiary/aromatic N) is 2. The molecule has 0 saturated heterocycles. The van der Waals surface area contributed by atoms with Crippen LogP contribution in [0.4, 0.5) is 0 Å². The summed E-state index contributed by atoms with van der Waals surface area (Å²) in [6.45, 7) is 1.75. The van der Waals surface area contributed by atoms with Crippen LogP contribution >= 0.6 is 33.9 Å². The summed E-state index contributed by atoms with van der Waals surface area (Å²) in [5, 5.41) is 9.74. The van der Waals surface area contributed by atoms with Crippen LogP contribution < -0.4 is 14.9 Å². The average Bonchev–Trinajstić information content (AvgIpc) is 3.04. The van der Waals surface area contributed by atoms with E-state index in [1.54, 1.807) is 35.8 Å².